The first-order valence-electron chi connectivity index (χ1n) is 15.1. The van der Waals surface area contributed by atoms with E-state index in [-0.39, 0.29) is 22.8 Å². The topological polar surface area (TPSA) is 67.3 Å². The molecule has 0 amide bonds. The summed E-state index contributed by atoms with van der Waals surface area (Å²) in [5.41, 5.74) is 1.48. The van der Waals surface area contributed by atoms with Crippen molar-refractivity contribution in [1.29, 1.82) is 0 Å². The quantitative estimate of drug-likeness (QED) is 0.274. The zero-order valence-corrected chi connectivity index (χ0v) is 23.6. The fraction of sp³-hybridized carbons (Fsp3) is 0.455. The Hall–Kier alpha value is -3.72. The molecule has 3 aromatic heterocycles. The van der Waals surface area contributed by atoms with Gasteiger partial charge in [0.25, 0.3) is 0 Å². The second-order valence-electron chi connectivity index (χ2n) is 12.7. The first kappa shape index (κ1) is 25.9. The van der Waals surface area contributed by atoms with E-state index in [0.29, 0.717) is 48.2 Å². The molecule has 3 aliphatic heterocycles. The number of hydrogen-bond donors (Lipinski definition) is 0. The van der Waals surface area contributed by atoms with Crippen LogP contribution >= 0.6 is 0 Å². The summed E-state index contributed by atoms with van der Waals surface area (Å²) in [6, 6.07) is 5.97. The molecule has 2 bridgehead atoms. The van der Waals surface area contributed by atoms with Crippen LogP contribution < -0.4 is 9.64 Å². The van der Waals surface area contributed by atoms with E-state index in [1.54, 1.807) is 24.7 Å². The fourth-order valence-electron chi connectivity index (χ4n) is 8.16. The van der Waals surface area contributed by atoms with Crippen LogP contribution in [0.3, 0.4) is 0 Å². The van der Waals surface area contributed by atoms with E-state index in [4.69, 9.17) is 9.72 Å². The maximum absolute atomic E-state index is 16.7. The van der Waals surface area contributed by atoms with E-state index in [0.717, 1.165) is 48.8 Å². The highest BCUT2D eigenvalue weighted by Gasteiger charge is 2.49. The van der Waals surface area contributed by atoms with Crippen molar-refractivity contribution in [3.05, 3.63) is 54.7 Å². The van der Waals surface area contributed by atoms with Gasteiger partial charge in [0.1, 0.15) is 29.8 Å². The second kappa shape index (κ2) is 9.93. The number of alkyl halides is 1. The van der Waals surface area contributed by atoms with Crippen LogP contribution in [0.5, 0.6) is 6.01 Å². The highest BCUT2D eigenvalue weighted by atomic mass is 19.1. The zero-order valence-electron chi connectivity index (χ0n) is 23.6. The summed E-state index contributed by atoms with van der Waals surface area (Å²) in [7, 11) is 0. The van der Waals surface area contributed by atoms with E-state index in [2.05, 4.69) is 31.3 Å². The van der Waals surface area contributed by atoms with Gasteiger partial charge in [-0.1, -0.05) is 30.9 Å². The van der Waals surface area contributed by atoms with Gasteiger partial charge in [-0.2, -0.15) is 9.97 Å². The van der Waals surface area contributed by atoms with Crippen LogP contribution in [0.2, 0.25) is 0 Å². The Balaban J connectivity index is 1.25. The molecule has 8 rings (SSSR count). The molecule has 1 aromatic carbocycles. The molecule has 7 nitrogen and oxygen atoms in total. The lowest BCUT2D eigenvalue weighted by Gasteiger charge is -2.34. The third kappa shape index (κ3) is 4.15. The lowest BCUT2D eigenvalue weighted by molar-refractivity contribution is 0.107. The molecule has 6 heterocycles. The molecule has 3 saturated heterocycles. The summed E-state index contributed by atoms with van der Waals surface area (Å²) in [5.74, 6) is 1.36. The molecule has 1 aliphatic carbocycles. The third-order valence-electron chi connectivity index (χ3n) is 10.1. The molecule has 42 heavy (non-hydrogen) atoms. The zero-order chi connectivity index (χ0) is 28.4. The maximum atomic E-state index is 16.7. The van der Waals surface area contributed by atoms with Gasteiger partial charge in [-0.25, -0.2) is 8.78 Å². The van der Waals surface area contributed by atoms with Crippen molar-refractivity contribution in [3.8, 4) is 17.3 Å². The molecular formula is C33H34F2N6O. The molecule has 0 spiro atoms. The molecule has 9 heteroatoms. The van der Waals surface area contributed by atoms with Gasteiger partial charge in [-0.3, -0.25) is 14.9 Å². The summed E-state index contributed by atoms with van der Waals surface area (Å²) in [5, 5.41) is 2.30. The highest BCUT2D eigenvalue weighted by Crippen LogP contribution is 2.43. The smallest absolute Gasteiger partial charge is 0.319 e. The van der Waals surface area contributed by atoms with E-state index < -0.39 is 12.0 Å². The number of pyridine rings is 2. The van der Waals surface area contributed by atoms with Gasteiger partial charge in [-0.05, 0) is 56.0 Å². The number of ether oxygens (including phenoxy) is 1. The first-order chi connectivity index (χ1) is 20.5. The Kier molecular flexibility index (Phi) is 6.14. The molecule has 0 radical (unpaired) electrons. The maximum Gasteiger partial charge on any atom is 0.319 e. The Morgan fingerprint density at radius 2 is 1.95 bits per heavy atom. The Morgan fingerprint density at radius 3 is 2.79 bits per heavy atom. The molecule has 0 N–H and O–H groups in total. The van der Waals surface area contributed by atoms with Gasteiger partial charge >= 0.3 is 6.01 Å². The Labute approximate surface area is 243 Å². The third-order valence-corrected chi connectivity index (χ3v) is 10.1. The van der Waals surface area contributed by atoms with Crippen molar-refractivity contribution in [2.24, 2.45) is 11.8 Å². The van der Waals surface area contributed by atoms with Crippen molar-refractivity contribution >= 4 is 33.6 Å². The predicted molar refractivity (Wildman–Crippen MR) is 160 cm³/mol. The van der Waals surface area contributed by atoms with E-state index in [1.807, 2.05) is 18.2 Å². The molecule has 4 aromatic rings. The van der Waals surface area contributed by atoms with Gasteiger partial charge in [-0.15, -0.1) is 0 Å². The summed E-state index contributed by atoms with van der Waals surface area (Å²) in [6.45, 7) is 7.32. The Bertz CT molecular complexity index is 1700. The number of benzene rings is 1. The number of nitrogens with zero attached hydrogens (tertiary/aromatic N) is 6. The monoisotopic (exact) mass is 568 g/mol. The summed E-state index contributed by atoms with van der Waals surface area (Å²) in [4.78, 5) is 23.1. The lowest BCUT2D eigenvalue weighted by atomic mass is 9.95. The standard InChI is InChI=1S/C33H34F2N6O/c1-2-22-5-3-6-23-13-36-14-25(27(22)23)29-28(35)30-26(15-37-29)31(40-16-20-7-8-21(11-20)17-40)39-32(38-30)42-19-33-9-4-10-41(33)18-24(34)12-33/h2-3,5-6,13-15,20-21,24H,1,4,7-12,16-19H2/t20?,21?,24-,33?/m1/s1. The minimum atomic E-state index is -0.855. The van der Waals surface area contributed by atoms with Crippen molar-refractivity contribution in [1.82, 2.24) is 24.8 Å². The molecule has 1 saturated carbocycles. The first-order valence-corrected chi connectivity index (χ1v) is 15.1. The number of rotatable bonds is 6. The van der Waals surface area contributed by atoms with E-state index in [9.17, 15) is 4.39 Å². The summed E-state index contributed by atoms with van der Waals surface area (Å²) < 4.78 is 37.4. The summed E-state index contributed by atoms with van der Waals surface area (Å²) >= 11 is 0. The van der Waals surface area contributed by atoms with Crippen molar-refractivity contribution in [2.45, 2.75) is 50.2 Å². The average molecular weight is 569 g/mol. The number of fused-ring (bicyclic) bond motifs is 5. The molecule has 4 atom stereocenters. The second-order valence-corrected chi connectivity index (χ2v) is 12.7. The van der Waals surface area contributed by atoms with Crippen LogP contribution in [0.25, 0.3) is 39.0 Å². The molecule has 3 unspecified atom stereocenters. The SMILES string of the molecule is C=Cc1cccc2cncc(-c3ncc4c(N5CC6CCC(C6)C5)nc(OCC56CCCN5C[C@H](F)C6)nc4c3F)c12. The van der Waals surface area contributed by atoms with Crippen LogP contribution in [0.1, 0.15) is 44.1 Å². The minimum Gasteiger partial charge on any atom is -0.461 e. The molecule has 216 valence electrons. The lowest BCUT2D eigenvalue weighted by Crippen LogP contribution is -2.43. The number of halogens is 2. The van der Waals surface area contributed by atoms with Gasteiger partial charge in [0.05, 0.1) is 10.9 Å². The van der Waals surface area contributed by atoms with Crippen LogP contribution in [-0.4, -0.2) is 69.3 Å². The highest BCUT2D eigenvalue weighted by molar-refractivity contribution is 6.02. The van der Waals surface area contributed by atoms with Gasteiger partial charge in [0.2, 0.25) is 0 Å². The van der Waals surface area contributed by atoms with Crippen LogP contribution in [0.4, 0.5) is 14.6 Å². The van der Waals surface area contributed by atoms with Gasteiger partial charge < -0.3 is 9.64 Å². The van der Waals surface area contributed by atoms with Crippen LogP contribution in [0, 0.1) is 17.7 Å². The number of aromatic nitrogens is 4. The number of anilines is 1. The van der Waals surface area contributed by atoms with Gasteiger partial charge in [0, 0.05) is 61.0 Å². The molecular weight excluding hydrogens is 534 g/mol. The Morgan fingerprint density at radius 1 is 1.10 bits per heavy atom. The minimum absolute atomic E-state index is 0.137. The van der Waals surface area contributed by atoms with Gasteiger partial charge in [0.15, 0.2) is 5.82 Å². The normalized spacial score (nSPS) is 27.2. The van der Waals surface area contributed by atoms with Crippen molar-refractivity contribution in [2.75, 3.05) is 37.7 Å². The van der Waals surface area contributed by atoms with Crippen molar-refractivity contribution < 1.29 is 13.5 Å². The van der Waals surface area contributed by atoms with Crippen molar-refractivity contribution in [3.63, 3.8) is 0 Å². The predicted octanol–water partition coefficient (Wildman–Crippen LogP) is 6.21. The molecule has 4 fully saturated rings. The largest absolute Gasteiger partial charge is 0.461 e. The molecule has 4 aliphatic rings. The fourth-order valence-corrected chi connectivity index (χ4v) is 8.16. The summed E-state index contributed by atoms with van der Waals surface area (Å²) in [6.07, 6.45) is 12.0. The van der Waals surface area contributed by atoms with Crippen LogP contribution in [-0.2, 0) is 0 Å². The van der Waals surface area contributed by atoms with E-state index in [1.165, 1.54) is 19.3 Å². The number of piperidine rings is 1. The average Bonchev–Trinajstić information content (AvgIpc) is 3.65. The van der Waals surface area contributed by atoms with Crippen LogP contribution in [0.15, 0.2) is 43.4 Å². The van der Waals surface area contributed by atoms with E-state index >= 15 is 4.39 Å². The number of hydrogen-bond acceptors (Lipinski definition) is 7.